The minimum atomic E-state index is -0.601. The van der Waals surface area contributed by atoms with Gasteiger partial charge in [-0.2, -0.15) is 0 Å². The summed E-state index contributed by atoms with van der Waals surface area (Å²) in [6, 6.07) is 11.0. The Labute approximate surface area is 164 Å². The summed E-state index contributed by atoms with van der Waals surface area (Å²) in [6.07, 6.45) is 0. The van der Waals surface area contributed by atoms with Crippen LogP contribution >= 0.6 is 0 Å². The molecule has 1 heterocycles. The van der Waals surface area contributed by atoms with Gasteiger partial charge in [0.15, 0.2) is 0 Å². The molecule has 2 aromatic rings. The van der Waals surface area contributed by atoms with Crippen molar-refractivity contribution in [2.24, 2.45) is 0 Å². The van der Waals surface area contributed by atoms with E-state index in [-0.39, 0.29) is 11.5 Å². The number of nitrogens with one attached hydrogen (secondary N) is 3. The predicted octanol–water partition coefficient (Wildman–Crippen LogP) is 2.02. The molecular weight excluding hydrogens is 359 g/mol. The topological polar surface area (TPSA) is 73.5 Å². The minimum Gasteiger partial charge on any atom is -0.351 e. The van der Waals surface area contributed by atoms with E-state index >= 15 is 0 Å². The van der Waals surface area contributed by atoms with Gasteiger partial charge in [0.1, 0.15) is 5.82 Å². The maximum absolute atomic E-state index is 13.9. The Hall–Kier alpha value is -2.77. The number of para-hydroxylation sites is 1. The molecule has 3 N–H and O–H groups in total. The van der Waals surface area contributed by atoms with Gasteiger partial charge >= 0.3 is 0 Å². The van der Waals surface area contributed by atoms with E-state index in [9.17, 15) is 14.0 Å². The van der Waals surface area contributed by atoms with Crippen LogP contribution in [0.3, 0.4) is 0 Å². The Balaban J connectivity index is 1.68. The zero-order chi connectivity index (χ0) is 19.9. The van der Waals surface area contributed by atoms with E-state index in [0.29, 0.717) is 17.8 Å². The molecule has 28 heavy (non-hydrogen) atoms. The highest BCUT2D eigenvalue weighted by Gasteiger charge is 2.18. The van der Waals surface area contributed by atoms with Crippen molar-refractivity contribution >= 4 is 17.5 Å². The van der Waals surface area contributed by atoms with Gasteiger partial charge in [-0.25, -0.2) is 4.39 Å². The number of carbonyl (C=O) groups is 2. The van der Waals surface area contributed by atoms with Gasteiger partial charge < -0.3 is 16.0 Å². The molecule has 1 aliphatic rings. The summed E-state index contributed by atoms with van der Waals surface area (Å²) >= 11 is 0. The summed E-state index contributed by atoms with van der Waals surface area (Å²) < 4.78 is 13.9. The maximum Gasteiger partial charge on any atom is 0.258 e. The second-order valence-electron chi connectivity index (χ2n) is 6.78. The molecule has 3 rings (SSSR count). The average molecular weight is 384 g/mol. The fraction of sp³-hybridized carbons (Fsp3) is 0.333. The summed E-state index contributed by atoms with van der Waals surface area (Å²) in [5, 5.41) is 8.90. The van der Waals surface area contributed by atoms with Gasteiger partial charge in [-0.15, -0.1) is 0 Å². The van der Waals surface area contributed by atoms with E-state index in [1.54, 1.807) is 31.2 Å². The van der Waals surface area contributed by atoms with Crippen molar-refractivity contribution in [2.45, 2.75) is 6.92 Å². The fourth-order valence-corrected chi connectivity index (χ4v) is 3.21. The van der Waals surface area contributed by atoms with Crippen LogP contribution in [-0.4, -0.2) is 56.0 Å². The lowest BCUT2D eigenvalue weighted by molar-refractivity contribution is 0.0948. The minimum absolute atomic E-state index is 0.0594. The normalized spacial score (nSPS) is 14.5. The Bertz CT molecular complexity index is 850. The molecule has 6 nitrogen and oxygen atoms in total. The van der Waals surface area contributed by atoms with Crippen LogP contribution in [0.5, 0.6) is 0 Å². The summed E-state index contributed by atoms with van der Waals surface area (Å²) in [5.74, 6) is -1.44. The van der Waals surface area contributed by atoms with Crippen LogP contribution in [0.2, 0.25) is 0 Å². The first kappa shape index (κ1) is 20.0. The summed E-state index contributed by atoms with van der Waals surface area (Å²) in [5.41, 5.74) is 1.44. The highest BCUT2D eigenvalue weighted by atomic mass is 19.1. The first-order valence-electron chi connectivity index (χ1n) is 9.43. The fourth-order valence-electron chi connectivity index (χ4n) is 3.21. The second kappa shape index (κ2) is 9.43. The van der Waals surface area contributed by atoms with Crippen LogP contribution in [0.1, 0.15) is 26.3 Å². The number of amides is 2. The summed E-state index contributed by atoms with van der Waals surface area (Å²) in [7, 11) is 0. The molecule has 0 spiro atoms. The van der Waals surface area contributed by atoms with Gasteiger partial charge in [0.2, 0.25) is 0 Å². The molecule has 2 amide bonds. The predicted molar refractivity (Wildman–Crippen MR) is 107 cm³/mol. The van der Waals surface area contributed by atoms with Crippen molar-refractivity contribution < 1.29 is 14.0 Å². The number of piperazine rings is 1. The van der Waals surface area contributed by atoms with Crippen LogP contribution in [0.15, 0.2) is 42.5 Å². The first-order chi connectivity index (χ1) is 13.6. The monoisotopic (exact) mass is 384 g/mol. The first-order valence-corrected chi connectivity index (χ1v) is 9.43. The number of nitrogens with zero attached hydrogens (tertiary/aromatic N) is 1. The lowest BCUT2D eigenvalue weighted by Gasteiger charge is -2.27. The van der Waals surface area contributed by atoms with Gasteiger partial charge in [0.25, 0.3) is 11.8 Å². The molecule has 2 aromatic carbocycles. The van der Waals surface area contributed by atoms with Crippen molar-refractivity contribution in [3.8, 4) is 0 Å². The number of halogens is 1. The maximum atomic E-state index is 13.9. The van der Waals surface area contributed by atoms with Crippen molar-refractivity contribution in [1.82, 2.24) is 15.5 Å². The Kier molecular flexibility index (Phi) is 6.73. The van der Waals surface area contributed by atoms with Crippen molar-refractivity contribution in [1.29, 1.82) is 0 Å². The molecule has 0 unspecified atom stereocenters. The lowest BCUT2D eigenvalue weighted by Crippen LogP contribution is -2.46. The molecular formula is C21H25FN4O2. The summed E-state index contributed by atoms with van der Waals surface area (Å²) in [6.45, 7) is 6.93. The molecule has 0 bridgehead atoms. The van der Waals surface area contributed by atoms with E-state index in [1.165, 1.54) is 18.2 Å². The number of aryl methyl sites for hydroxylation is 1. The quantitative estimate of drug-likeness (QED) is 0.713. The number of rotatable bonds is 6. The van der Waals surface area contributed by atoms with Gasteiger partial charge in [-0.1, -0.05) is 24.3 Å². The van der Waals surface area contributed by atoms with Crippen LogP contribution < -0.4 is 16.0 Å². The van der Waals surface area contributed by atoms with E-state index in [2.05, 4.69) is 20.9 Å². The van der Waals surface area contributed by atoms with Crippen LogP contribution in [0.4, 0.5) is 10.1 Å². The molecule has 0 aromatic heterocycles. The van der Waals surface area contributed by atoms with E-state index in [4.69, 9.17) is 0 Å². The molecule has 7 heteroatoms. The Morgan fingerprint density at radius 2 is 1.75 bits per heavy atom. The molecule has 0 saturated carbocycles. The molecule has 1 saturated heterocycles. The zero-order valence-corrected chi connectivity index (χ0v) is 15.9. The SMILES string of the molecule is Cc1cccc(C(=O)NCCN2CCNCC2)c1NC(=O)c1ccccc1F. The molecule has 148 valence electrons. The third kappa shape index (κ3) is 4.94. The Morgan fingerprint density at radius 3 is 2.50 bits per heavy atom. The standard InChI is InChI=1S/C21H25FN4O2/c1-15-5-4-7-17(20(27)24-11-14-26-12-9-23-10-13-26)19(15)25-21(28)16-6-2-3-8-18(16)22/h2-8,23H,9-14H2,1H3,(H,24,27)(H,25,28). The van der Waals surface area contributed by atoms with Gasteiger partial charge in [-0.05, 0) is 30.7 Å². The Morgan fingerprint density at radius 1 is 1.04 bits per heavy atom. The van der Waals surface area contributed by atoms with Gasteiger partial charge in [0.05, 0.1) is 16.8 Å². The van der Waals surface area contributed by atoms with E-state index in [1.807, 2.05) is 0 Å². The summed E-state index contributed by atoms with van der Waals surface area (Å²) in [4.78, 5) is 27.4. The molecule has 0 radical (unpaired) electrons. The average Bonchev–Trinajstić information content (AvgIpc) is 2.70. The van der Waals surface area contributed by atoms with E-state index < -0.39 is 11.7 Å². The lowest BCUT2D eigenvalue weighted by atomic mass is 10.1. The second-order valence-corrected chi connectivity index (χ2v) is 6.78. The van der Waals surface area contributed by atoms with Crippen molar-refractivity contribution in [3.63, 3.8) is 0 Å². The molecule has 1 aliphatic heterocycles. The number of carbonyl (C=O) groups excluding carboxylic acids is 2. The molecule has 0 atom stereocenters. The highest BCUT2D eigenvalue weighted by molar-refractivity contribution is 6.09. The molecule has 0 aliphatic carbocycles. The number of hydrogen-bond acceptors (Lipinski definition) is 4. The largest absolute Gasteiger partial charge is 0.351 e. The third-order valence-corrected chi connectivity index (χ3v) is 4.80. The van der Waals surface area contributed by atoms with Gasteiger partial charge in [0, 0.05) is 39.3 Å². The van der Waals surface area contributed by atoms with Crippen LogP contribution in [0, 0.1) is 12.7 Å². The number of benzene rings is 2. The van der Waals surface area contributed by atoms with E-state index in [0.717, 1.165) is 38.3 Å². The van der Waals surface area contributed by atoms with Gasteiger partial charge in [-0.3, -0.25) is 14.5 Å². The van der Waals surface area contributed by atoms with Crippen LogP contribution in [0.25, 0.3) is 0 Å². The number of hydrogen-bond donors (Lipinski definition) is 3. The highest BCUT2D eigenvalue weighted by Crippen LogP contribution is 2.22. The van der Waals surface area contributed by atoms with Crippen molar-refractivity contribution in [2.75, 3.05) is 44.6 Å². The zero-order valence-electron chi connectivity index (χ0n) is 15.9. The smallest absolute Gasteiger partial charge is 0.258 e. The van der Waals surface area contributed by atoms with Crippen LogP contribution in [-0.2, 0) is 0 Å². The van der Waals surface area contributed by atoms with Crippen molar-refractivity contribution in [3.05, 3.63) is 65.0 Å². The molecule has 1 fully saturated rings. The number of anilines is 1. The third-order valence-electron chi connectivity index (χ3n) is 4.80.